The average molecular weight is 507 g/mol. The van der Waals surface area contributed by atoms with Crippen LogP contribution in [0, 0.1) is 24.0 Å². The lowest BCUT2D eigenvalue weighted by atomic mass is 10.2. The lowest BCUT2D eigenvalue weighted by Crippen LogP contribution is -2.28. The number of aliphatic imine (C=N–C) groups is 1. The Labute approximate surface area is 213 Å². The average Bonchev–Trinajstić information content (AvgIpc) is 3.32. The first-order valence-corrected chi connectivity index (χ1v) is 12.0. The van der Waals surface area contributed by atoms with Crippen LogP contribution in [-0.2, 0) is 4.79 Å². The minimum Gasteiger partial charge on any atom is -0.497 e. The third kappa shape index (κ3) is 4.72. The van der Waals surface area contributed by atoms with Crippen molar-refractivity contribution in [2.24, 2.45) is 4.99 Å². The van der Waals surface area contributed by atoms with Gasteiger partial charge in [0.1, 0.15) is 11.5 Å². The van der Waals surface area contributed by atoms with Crippen LogP contribution in [0.4, 0.5) is 11.4 Å². The van der Waals surface area contributed by atoms with Crippen LogP contribution in [0.1, 0.15) is 23.9 Å². The first-order valence-electron chi connectivity index (χ1n) is 11.2. The quantitative estimate of drug-likeness (QED) is 0.233. The maximum Gasteiger partial charge on any atom is 0.273 e. The van der Waals surface area contributed by atoms with Gasteiger partial charge in [0.05, 0.1) is 41.5 Å². The van der Waals surface area contributed by atoms with Crippen molar-refractivity contribution >= 4 is 40.3 Å². The number of nitro benzene ring substituents is 1. The van der Waals surface area contributed by atoms with Crippen molar-refractivity contribution in [3.8, 4) is 17.2 Å². The first-order chi connectivity index (χ1) is 17.3. The van der Waals surface area contributed by atoms with E-state index in [1.807, 2.05) is 61.7 Å². The van der Waals surface area contributed by atoms with Crippen LogP contribution < -0.4 is 9.47 Å². The van der Waals surface area contributed by atoms with Crippen molar-refractivity contribution in [1.29, 1.82) is 0 Å². The normalized spacial score (nSPS) is 15.7. The Morgan fingerprint density at radius 2 is 1.81 bits per heavy atom. The van der Waals surface area contributed by atoms with E-state index in [1.54, 1.807) is 18.1 Å². The van der Waals surface area contributed by atoms with Gasteiger partial charge in [0.2, 0.25) is 0 Å². The van der Waals surface area contributed by atoms with E-state index in [9.17, 15) is 14.9 Å². The molecule has 0 aliphatic carbocycles. The largest absolute Gasteiger partial charge is 0.497 e. The highest BCUT2D eigenvalue weighted by molar-refractivity contribution is 8.18. The van der Waals surface area contributed by atoms with E-state index >= 15 is 0 Å². The lowest BCUT2D eigenvalue weighted by Gasteiger charge is -2.14. The molecule has 1 aliphatic heterocycles. The third-order valence-corrected chi connectivity index (χ3v) is 6.88. The molecule has 0 radical (unpaired) electrons. The summed E-state index contributed by atoms with van der Waals surface area (Å²) in [5.74, 6) is 1.03. The van der Waals surface area contributed by atoms with Crippen molar-refractivity contribution in [2.75, 3.05) is 20.8 Å². The summed E-state index contributed by atoms with van der Waals surface area (Å²) in [7, 11) is 3.09. The predicted octanol–water partition coefficient (Wildman–Crippen LogP) is 5.64. The summed E-state index contributed by atoms with van der Waals surface area (Å²) >= 11 is 1.33. The van der Waals surface area contributed by atoms with Crippen molar-refractivity contribution in [3.05, 3.63) is 80.5 Å². The summed E-state index contributed by atoms with van der Waals surface area (Å²) in [5, 5.41) is 11.8. The van der Waals surface area contributed by atoms with Crippen LogP contribution in [0.3, 0.4) is 0 Å². The number of benzene rings is 2. The Kier molecular flexibility index (Phi) is 7.16. The molecule has 36 heavy (non-hydrogen) atoms. The summed E-state index contributed by atoms with van der Waals surface area (Å²) in [4.78, 5) is 30.8. The minimum absolute atomic E-state index is 0.0447. The molecular weight excluding hydrogens is 480 g/mol. The fourth-order valence-corrected chi connectivity index (χ4v) is 5.10. The summed E-state index contributed by atoms with van der Waals surface area (Å²) in [6, 6.07) is 13.9. The molecule has 3 aromatic rings. The maximum atomic E-state index is 13.2. The van der Waals surface area contributed by atoms with Crippen LogP contribution in [0.15, 0.2) is 58.4 Å². The van der Waals surface area contributed by atoms with E-state index in [0.29, 0.717) is 28.1 Å². The second-order valence-corrected chi connectivity index (χ2v) is 9.04. The fourth-order valence-electron chi connectivity index (χ4n) is 4.05. The molecule has 1 amide bonds. The molecule has 0 spiro atoms. The third-order valence-electron chi connectivity index (χ3n) is 5.87. The SMILES string of the molecule is CCN1C(=O)/C(=C\c2cc(C)n(-c3ccc([N+](=O)[O-])cc3OC)c2C)SC1=Nc1ccc(OC)cc1. The zero-order valence-corrected chi connectivity index (χ0v) is 21.5. The predicted molar refractivity (Wildman–Crippen MR) is 141 cm³/mol. The number of thioether (sulfide) groups is 1. The monoisotopic (exact) mass is 506 g/mol. The molecule has 2 heterocycles. The minimum atomic E-state index is -0.453. The molecule has 0 unspecified atom stereocenters. The van der Waals surface area contributed by atoms with Gasteiger partial charge in [0, 0.05) is 24.0 Å². The molecule has 9 nitrogen and oxygen atoms in total. The molecule has 1 aliphatic rings. The van der Waals surface area contributed by atoms with E-state index < -0.39 is 4.92 Å². The van der Waals surface area contributed by atoms with Gasteiger partial charge in [-0.3, -0.25) is 19.8 Å². The summed E-state index contributed by atoms with van der Waals surface area (Å²) < 4.78 is 12.6. The number of rotatable bonds is 7. The number of hydrogen-bond acceptors (Lipinski definition) is 7. The molecular formula is C26H26N4O5S. The van der Waals surface area contributed by atoms with Gasteiger partial charge in [-0.05, 0) is 80.6 Å². The van der Waals surface area contributed by atoms with Crippen molar-refractivity contribution in [3.63, 3.8) is 0 Å². The maximum absolute atomic E-state index is 13.2. The number of amides is 1. The molecule has 0 N–H and O–H groups in total. The number of aryl methyl sites for hydroxylation is 1. The van der Waals surface area contributed by atoms with Crippen molar-refractivity contribution in [2.45, 2.75) is 20.8 Å². The molecule has 2 aromatic carbocycles. The van der Waals surface area contributed by atoms with Gasteiger partial charge in [-0.2, -0.15) is 0 Å². The molecule has 0 atom stereocenters. The van der Waals surface area contributed by atoms with Crippen molar-refractivity contribution < 1.29 is 19.2 Å². The second kappa shape index (κ2) is 10.3. The van der Waals surface area contributed by atoms with Crippen LogP contribution >= 0.6 is 11.8 Å². The van der Waals surface area contributed by atoms with Gasteiger partial charge in [0.25, 0.3) is 11.6 Å². The number of nitro groups is 1. The Morgan fingerprint density at radius 1 is 1.08 bits per heavy atom. The van der Waals surface area contributed by atoms with Gasteiger partial charge in [-0.15, -0.1) is 0 Å². The highest BCUT2D eigenvalue weighted by atomic mass is 32.2. The Bertz CT molecular complexity index is 1390. The second-order valence-electron chi connectivity index (χ2n) is 8.03. The molecule has 10 heteroatoms. The smallest absolute Gasteiger partial charge is 0.273 e. The van der Waals surface area contributed by atoms with Gasteiger partial charge in [0.15, 0.2) is 5.17 Å². The summed E-state index contributed by atoms with van der Waals surface area (Å²) in [6.45, 7) is 6.29. The van der Waals surface area contributed by atoms with Gasteiger partial charge < -0.3 is 14.0 Å². The highest BCUT2D eigenvalue weighted by Crippen LogP contribution is 2.36. The first kappa shape index (κ1) is 25.1. The number of carbonyl (C=O) groups excluding carboxylic acids is 1. The number of aromatic nitrogens is 1. The molecule has 1 aromatic heterocycles. The zero-order chi connectivity index (χ0) is 26.0. The Morgan fingerprint density at radius 3 is 2.42 bits per heavy atom. The van der Waals surface area contributed by atoms with E-state index in [2.05, 4.69) is 4.99 Å². The molecule has 1 fully saturated rings. The number of amidine groups is 1. The van der Waals surface area contributed by atoms with Gasteiger partial charge >= 0.3 is 0 Å². The number of methoxy groups -OCH3 is 2. The number of likely N-dealkylation sites (N-methyl/N-ethyl adjacent to an activating group) is 1. The van der Waals surface area contributed by atoms with E-state index in [-0.39, 0.29) is 11.6 Å². The zero-order valence-electron chi connectivity index (χ0n) is 20.6. The van der Waals surface area contributed by atoms with Crippen LogP contribution in [0.5, 0.6) is 11.5 Å². The molecule has 0 bridgehead atoms. The number of carbonyl (C=O) groups is 1. The Hall–Kier alpha value is -4.05. The number of non-ortho nitro benzene ring substituents is 1. The standard InChI is InChI=1S/C26H26N4O5S/c1-6-28-25(31)24(36-26(28)27-19-7-10-21(34-4)11-8-19)14-18-13-16(2)29(17(18)3)22-12-9-20(30(32)33)15-23(22)35-5/h7-15H,6H2,1-5H3/b24-14+,27-26?. The topological polar surface area (TPSA) is 99.2 Å². The summed E-state index contributed by atoms with van der Waals surface area (Å²) in [5.41, 5.74) is 4.02. The van der Waals surface area contributed by atoms with E-state index in [1.165, 1.54) is 31.0 Å². The van der Waals surface area contributed by atoms with Crippen molar-refractivity contribution in [1.82, 2.24) is 9.47 Å². The molecule has 4 rings (SSSR count). The number of ether oxygens (including phenoxy) is 2. The number of nitrogens with zero attached hydrogens (tertiary/aromatic N) is 4. The van der Waals surface area contributed by atoms with E-state index in [0.717, 1.165) is 28.4 Å². The van der Waals surface area contributed by atoms with E-state index in [4.69, 9.17) is 9.47 Å². The molecule has 1 saturated heterocycles. The van der Waals surface area contributed by atoms with Crippen LogP contribution in [0.25, 0.3) is 11.8 Å². The van der Waals surface area contributed by atoms with Crippen LogP contribution in [-0.4, -0.2) is 46.2 Å². The number of hydrogen-bond donors (Lipinski definition) is 0. The molecule has 186 valence electrons. The lowest BCUT2D eigenvalue weighted by molar-refractivity contribution is -0.384. The van der Waals surface area contributed by atoms with Crippen LogP contribution in [0.2, 0.25) is 0 Å². The Balaban J connectivity index is 1.70. The van der Waals surface area contributed by atoms with Gasteiger partial charge in [-0.25, -0.2) is 4.99 Å². The highest BCUT2D eigenvalue weighted by Gasteiger charge is 2.32. The summed E-state index contributed by atoms with van der Waals surface area (Å²) in [6.07, 6.45) is 1.86. The molecule has 0 saturated carbocycles. The fraction of sp³-hybridized carbons (Fsp3) is 0.231. The van der Waals surface area contributed by atoms with Gasteiger partial charge in [-0.1, -0.05) is 0 Å².